The summed E-state index contributed by atoms with van der Waals surface area (Å²) in [5.41, 5.74) is 0.139. The molecule has 17 heavy (non-hydrogen) atoms. The van der Waals surface area contributed by atoms with Crippen LogP contribution >= 0.6 is 0 Å². The van der Waals surface area contributed by atoms with Gasteiger partial charge in [-0.1, -0.05) is 13.8 Å². The molecule has 2 heterocycles. The number of likely N-dealkylation sites (tertiary alicyclic amines) is 1. The first-order valence-electron chi connectivity index (χ1n) is 7.18. The number of hydrogen-bond donors (Lipinski definition) is 1. The lowest BCUT2D eigenvalue weighted by Gasteiger charge is -2.49. The van der Waals surface area contributed by atoms with Gasteiger partial charge >= 0.3 is 0 Å². The molecule has 1 atom stereocenters. The van der Waals surface area contributed by atoms with Crippen molar-refractivity contribution in [2.24, 2.45) is 5.92 Å². The fourth-order valence-electron chi connectivity index (χ4n) is 3.13. The molecular formula is C14H28N2O. The molecule has 2 aliphatic heterocycles. The predicted molar refractivity (Wildman–Crippen MR) is 71.3 cm³/mol. The highest BCUT2D eigenvalue weighted by atomic mass is 16.5. The summed E-state index contributed by atoms with van der Waals surface area (Å²) in [6.07, 6.45) is 4.96. The van der Waals surface area contributed by atoms with Crippen LogP contribution in [-0.2, 0) is 4.74 Å². The number of ether oxygens (including phenoxy) is 1. The molecule has 2 rings (SSSR count). The van der Waals surface area contributed by atoms with Crippen LogP contribution in [0.4, 0.5) is 0 Å². The van der Waals surface area contributed by atoms with E-state index < -0.39 is 0 Å². The third kappa shape index (κ3) is 3.21. The van der Waals surface area contributed by atoms with Gasteiger partial charge in [-0.2, -0.15) is 0 Å². The molecule has 0 bridgehead atoms. The molecule has 1 N–H and O–H groups in total. The summed E-state index contributed by atoms with van der Waals surface area (Å²) in [7, 11) is 2.21. The van der Waals surface area contributed by atoms with E-state index in [4.69, 9.17) is 4.74 Å². The predicted octanol–water partition coefficient (Wildman–Crippen LogP) is 1.88. The molecule has 2 aliphatic rings. The third-order valence-electron chi connectivity index (χ3n) is 4.38. The number of hydrogen-bond acceptors (Lipinski definition) is 3. The molecule has 1 spiro atoms. The quantitative estimate of drug-likeness (QED) is 0.815. The Balaban J connectivity index is 1.96. The minimum absolute atomic E-state index is 0.139. The normalized spacial score (nSPS) is 30.0. The molecule has 0 amide bonds. The van der Waals surface area contributed by atoms with Gasteiger partial charge in [0.05, 0.1) is 12.2 Å². The van der Waals surface area contributed by atoms with E-state index in [2.05, 4.69) is 31.1 Å². The second-order valence-electron chi connectivity index (χ2n) is 6.19. The first-order chi connectivity index (χ1) is 8.12. The molecule has 0 aliphatic carbocycles. The van der Waals surface area contributed by atoms with Crippen LogP contribution < -0.4 is 5.32 Å². The van der Waals surface area contributed by atoms with Gasteiger partial charge < -0.3 is 15.0 Å². The second-order valence-corrected chi connectivity index (χ2v) is 6.19. The maximum atomic E-state index is 6.21. The van der Waals surface area contributed by atoms with Crippen LogP contribution in [0.15, 0.2) is 0 Å². The molecule has 2 fully saturated rings. The average molecular weight is 240 g/mol. The Hall–Kier alpha value is -0.120. The molecule has 1 unspecified atom stereocenters. The number of rotatable bonds is 3. The average Bonchev–Trinajstić information content (AvgIpc) is 2.32. The van der Waals surface area contributed by atoms with Gasteiger partial charge in [-0.15, -0.1) is 0 Å². The Morgan fingerprint density at radius 3 is 2.71 bits per heavy atom. The number of nitrogens with zero attached hydrogens (tertiary/aromatic N) is 1. The Labute approximate surface area is 106 Å². The monoisotopic (exact) mass is 240 g/mol. The third-order valence-corrected chi connectivity index (χ3v) is 4.38. The number of nitrogens with one attached hydrogen (secondary N) is 1. The minimum atomic E-state index is 0.139. The van der Waals surface area contributed by atoms with Crippen molar-refractivity contribution in [3.63, 3.8) is 0 Å². The Bertz CT molecular complexity index is 234. The first kappa shape index (κ1) is 13.3. The van der Waals surface area contributed by atoms with Gasteiger partial charge in [-0.3, -0.25) is 0 Å². The van der Waals surface area contributed by atoms with Gasteiger partial charge in [0.15, 0.2) is 0 Å². The maximum absolute atomic E-state index is 6.21. The molecule has 2 saturated heterocycles. The highest BCUT2D eigenvalue weighted by Crippen LogP contribution is 2.33. The van der Waals surface area contributed by atoms with E-state index in [0.717, 1.165) is 19.1 Å². The summed E-state index contributed by atoms with van der Waals surface area (Å²) in [4.78, 5) is 2.42. The molecule has 0 aromatic carbocycles. The van der Waals surface area contributed by atoms with E-state index in [1.165, 1.54) is 38.8 Å². The van der Waals surface area contributed by atoms with Crippen molar-refractivity contribution in [2.75, 3.05) is 33.3 Å². The SMILES string of the molecule is CC(C)CCC1NCCOC12CCN(C)CC2. The summed E-state index contributed by atoms with van der Waals surface area (Å²) >= 11 is 0. The summed E-state index contributed by atoms with van der Waals surface area (Å²) in [5.74, 6) is 0.794. The lowest BCUT2D eigenvalue weighted by atomic mass is 9.80. The summed E-state index contributed by atoms with van der Waals surface area (Å²) < 4.78 is 6.21. The fraction of sp³-hybridized carbons (Fsp3) is 1.00. The van der Waals surface area contributed by atoms with E-state index in [-0.39, 0.29) is 5.60 Å². The van der Waals surface area contributed by atoms with Crippen molar-refractivity contribution in [2.45, 2.75) is 51.2 Å². The van der Waals surface area contributed by atoms with Crippen LogP contribution in [0, 0.1) is 5.92 Å². The van der Waals surface area contributed by atoms with E-state index in [1.807, 2.05) is 0 Å². The van der Waals surface area contributed by atoms with Gasteiger partial charge in [0.1, 0.15) is 0 Å². The molecular weight excluding hydrogens is 212 g/mol. The smallest absolute Gasteiger partial charge is 0.0859 e. The molecule has 0 saturated carbocycles. The molecule has 0 aromatic heterocycles. The molecule has 0 radical (unpaired) electrons. The molecule has 3 nitrogen and oxygen atoms in total. The van der Waals surface area contributed by atoms with Crippen molar-refractivity contribution in [1.29, 1.82) is 0 Å². The second kappa shape index (κ2) is 5.68. The van der Waals surface area contributed by atoms with Crippen molar-refractivity contribution >= 4 is 0 Å². The van der Waals surface area contributed by atoms with Crippen molar-refractivity contribution < 1.29 is 4.74 Å². The van der Waals surface area contributed by atoms with Gasteiger partial charge in [0.2, 0.25) is 0 Å². The Morgan fingerprint density at radius 1 is 1.35 bits per heavy atom. The fourth-order valence-corrected chi connectivity index (χ4v) is 3.13. The zero-order valence-corrected chi connectivity index (χ0v) is 11.7. The summed E-state index contributed by atoms with van der Waals surface area (Å²) in [6.45, 7) is 8.90. The van der Waals surface area contributed by atoms with Gasteiger partial charge in [0, 0.05) is 25.7 Å². The van der Waals surface area contributed by atoms with Crippen LogP contribution in [0.25, 0.3) is 0 Å². The van der Waals surface area contributed by atoms with Crippen LogP contribution in [0.1, 0.15) is 39.5 Å². The van der Waals surface area contributed by atoms with Gasteiger partial charge in [-0.05, 0) is 38.6 Å². The van der Waals surface area contributed by atoms with Crippen LogP contribution in [0.5, 0.6) is 0 Å². The minimum Gasteiger partial charge on any atom is -0.372 e. The van der Waals surface area contributed by atoms with Crippen LogP contribution in [-0.4, -0.2) is 49.8 Å². The highest BCUT2D eigenvalue weighted by Gasteiger charge is 2.43. The van der Waals surface area contributed by atoms with Crippen molar-refractivity contribution in [3.05, 3.63) is 0 Å². The Kier molecular flexibility index (Phi) is 4.45. The van der Waals surface area contributed by atoms with Crippen molar-refractivity contribution in [1.82, 2.24) is 10.2 Å². The van der Waals surface area contributed by atoms with Crippen LogP contribution in [0.3, 0.4) is 0 Å². The highest BCUT2D eigenvalue weighted by molar-refractivity contribution is 4.99. The number of piperidine rings is 1. The van der Waals surface area contributed by atoms with E-state index in [1.54, 1.807) is 0 Å². The first-order valence-corrected chi connectivity index (χ1v) is 7.18. The number of morpholine rings is 1. The summed E-state index contributed by atoms with van der Waals surface area (Å²) in [5, 5.41) is 3.71. The van der Waals surface area contributed by atoms with Gasteiger partial charge in [-0.25, -0.2) is 0 Å². The zero-order valence-electron chi connectivity index (χ0n) is 11.7. The zero-order chi connectivity index (χ0) is 12.3. The summed E-state index contributed by atoms with van der Waals surface area (Å²) in [6, 6.07) is 0.576. The van der Waals surface area contributed by atoms with E-state index in [0.29, 0.717) is 6.04 Å². The van der Waals surface area contributed by atoms with Crippen LogP contribution in [0.2, 0.25) is 0 Å². The molecule has 3 heteroatoms. The largest absolute Gasteiger partial charge is 0.372 e. The maximum Gasteiger partial charge on any atom is 0.0859 e. The standard InChI is InChI=1S/C14H28N2O/c1-12(2)4-5-13-14(17-11-8-15-13)6-9-16(3)10-7-14/h12-13,15H,4-11H2,1-3H3. The van der Waals surface area contributed by atoms with E-state index >= 15 is 0 Å². The lowest BCUT2D eigenvalue weighted by Crippen LogP contribution is -2.61. The molecule has 100 valence electrons. The topological polar surface area (TPSA) is 24.5 Å². The van der Waals surface area contributed by atoms with Gasteiger partial charge in [0.25, 0.3) is 0 Å². The van der Waals surface area contributed by atoms with Crippen molar-refractivity contribution in [3.8, 4) is 0 Å². The van der Waals surface area contributed by atoms with E-state index in [9.17, 15) is 0 Å². The lowest BCUT2D eigenvalue weighted by molar-refractivity contribution is -0.127. The molecule has 0 aromatic rings. The Morgan fingerprint density at radius 2 is 2.06 bits per heavy atom.